The van der Waals surface area contributed by atoms with E-state index < -0.39 is 16.7 Å². The predicted octanol–water partition coefficient (Wildman–Crippen LogP) is 1.84. The van der Waals surface area contributed by atoms with Crippen LogP contribution in [-0.4, -0.2) is 83.6 Å². The lowest BCUT2D eigenvalue weighted by Gasteiger charge is -2.20. The minimum Gasteiger partial charge on any atom is -0.494 e. The summed E-state index contributed by atoms with van der Waals surface area (Å²) in [5, 5.41) is 28.9. The van der Waals surface area contributed by atoms with Crippen molar-refractivity contribution >= 4 is 21.5 Å². The topological polar surface area (TPSA) is 162 Å². The van der Waals surface area contributed by atoms with E-state index in [9.17, 15) is 24.7 Å². The molecule has 256 valence electrons. The summed E-state index contributed by atoms with van der Waals surface area (Å²) in [4.78, 5) is 50.7. The first kappa shape index (κ1) is 33.6. The molecule has 0 radical (unpaired) electrons. The average Bonchev–Trinajstić information content (AvgIpc) is 3.43. The third-order valence-electron chi connectivity index (χ3n) is 8.66. The standard InChI is InChI=1S/C35H39N7O7/c1-21-8-10-22(11-9-21)30-31(37-49-42(30)47)48-19-14-36-26-20-25-27-23(32(43)40(34(25)45)17-6-15-38(2)3)12-13-24-28(27)29(26)35(46)41(33(24)44)18-7-16-39(4)5/h8-13,20,44H,6-7,14-19H2,1-5H3. The highest BCUT2D eigenvalue weighted by molar-refractivity contribution is 6.15. The molecule has 2 aromatic heterocycles. The minimum atomic E-state index is -0.488. The Morgan fingerprint density at radius 2 is 1.55 bits per heavy atom. The molecule has 49 heavy (non-hydrogen) atoms. The fraction of sp³-hybridized carbons (Fsp3) is 0.371. The van der Waals surface area contributed by atoms with Gasteiger partial charge in [0, 0.05) is 40.4 Å². The first-order chi connectivity index (χ1) is 23.5. The number of hydrogen-bond acceptors (Lipinski definition) is 11. The van der Waals surface area contributed by atoms with Crippen molar-refractivity contribution in [3.8, 4) is 34.1 Å². The molecule has 0 spiro atoms. The maximum Gasteiger partial charge on any atom is 0.403 e. The molecule has 3 heterocycles. The number of aromatic nitrogens is 4. The molecule has 0 bridgehead atoms. The number of pyridine rings is 2. The van der Waals surface area contributed by atoms with Gasteiger partial charge in [-0.1, -0.05) is 17.7 Å². The van der Waals surface area contributed by atoms with Crippen molar-refractivity contribution in [2.75, 3.05) is 54.4 Å². The first-order valence-electron chi connectivity index (χ1n) is 16.1. The maximum atomic E-state index is 14.1. The van der Waals surface area contributed by atoms with Crippen molar-refractivity contribution in [1.29, 1.82) is 0 Å². The number of rotatable bonds is 13. The highest BCUT2D eigenvalue weighted by atomic mass is 16.8. The highest BCUT2D eigenvalue weighted by Gasteiger charge is 2.27. The van der Waals surface area contributed by atoms with E-state index in [0.29, 0.717) is 47.8 Å². The zero-order chi connectivity index (χ0) is 35.0. The van der Waals surface area contributed by atoms with Gasteiger partial charge in [-0.05, 0) is 96.3 Å². The summed E-state index contributed by atoms with van der Waals surface area (Å²) >= 11 is 0. The Balaban J connectivity index is 1.48. The molecule has 4 aromatic rings. The SMILES string of the molecule is Cc1ccc(-c2c(OCCN=c3cc4c(=O)n(CCCN(C)C)c(=O)c5ccc6c(O)n(CCCN(C)C)c(=O)c3c6c5-4)no[n+]2[O-])cc1. The van der Waals surface area contributed by atoms with Crippen LogP contribution in [0.2, 0.25) is 0 Å². The van der Waals surface area contributed by atoms with Crippen LogP contribution < -0.4 is 31.7 Å². The Kier molecular flexibility index (Phi) is 9.35. The van der Waals surface area contributed by atoms with E-state index in [0.717, 1.165) is 5.56 Å². The lowest BCUT2D eigenvalue weighted by atomic mass is 9.90. The third kappa shape index (κ3) is 6.32. The van der Waals surface area contributed by atoms with E-state index in [4.69, 9.17) is 14.4 Å². The summed E-state index contributed by atoms with van der Waals surface area (Å²) in [5.74, 6) is -0.246. The van der Waals surface area contributed by atoms with E-state index in [2.05, 4.69) is 5.16 Å². The van der Waals surface area contributed by atoms with Crippen molar-refractivity contribution in [2.45, 2.75) is 32.9 Å². The number of hydrogen-bond donors (Lipinski definition) is 1. The molecule has 1 aliphatic carbocycles. The van der Waals surface area contributed by atoms with Crippen molar-refractivity contribution in [3.05, 3.63) is 89.7 Å². The van der Waals surface area contributed by atoms with Gasteiger partial charge >= 0.3 is 5.88 Å². The monoisotopic (exact) mass is 669 g/mol. The number of aryl methyl sites for hydroxylation is 1. The fourth-order valence-corrected chi connectivity index (χ4v) is 6.27. The summed E-state index contributed by atoms with van der Waals surface area (Å²) in [5.41, 5.74) is 0.843. The van der Waals surface area contributed by atoms with Crippen molar-refractivity contribution in [2.24, 2.45) is 4.99 Å². The van der Waals surface area contributed by atoms with Gasteiger partial charge in [0.15, 0.2) is 0 Å². The molecule has 0 unspecified atom stereocenters. The van der Waals surface area contributed by atoms with Gasteiger partial charge in [-0.3, -0.25) is 33.1 Å². The second-order valence-electron chi connectivity index (χ2n) is 12.8. The highest BCUT2D eigenvalue weighted by Crippen LogP contribution is 2.36. The summed E-state index contributed by atoms with van der Waals surface area (Å²) < 4.78 is 13.2. The maximum absolute atomic E-state index is 14.1. The Hall–Kier alpha value is -5.34. The second kappa shape index (κ2) is 13.6. The van der Waals surface area contributed by atoms with Gasteiger partial charge in [-0.25, -0.2) is 0 Å². The van der Waals surface area contributed by atoms with E-state index in [1.807, 2.05) is 57.0 Å². The fourth-order valence-electron chi connectivity index (χ4n) is 6.27. The zero-order valence-corrected chi connectivity index (χ0v) is 28.2. The van der Waals surface area contributed by atoms with E-state index in [-0.39, 0.29) is 70.3 Å². The number of nitrogens with zero attached hydrogens (tertiary/aromatic N) is 7. The van der Waals surface area contributed by atoms with Crippen LogP contribution in [0, 0.1) is 12.1 Å². The molecule has 1 N–H and O–H groups in total. The van der Waals surface area contributed by atoms with Crippen molar-refractivity contribution < 1.29 is 19.4 Å². The Morgan fingerprint density at radius 3 is 2.22 bits per heavy atom. The summed E-state index contributed by atoms with van der Waals surface area (Å²) in [6, 6.07) is 12.0. The summed E-state index contributed by atoms with van der Waals surface area (Å²) in [6.45, 7) is 3.76. The molecule has 0 fully saturated rings. The van der Waals surface area contributed by atoms with Crippen LogP contribution in [-0.2, 0) is 13.1 Å². The van der Waals surface area contributed by atoms with Gasteiger partial charge in [0.1, 0.15) is 6.61 Å². The van der Waals surface area contributed by atoms with Crippen molar-refractivity contribution in [1.82, 2.24) is 24.1 Å². The molecule has 1 aliphatic heterocycles. The van der Waals surface area contributed by atoms with E-state index >= 15 is 0 Å². The zero-order valence-electron chi connectivity index (χ0n) is 28.2. The smallest absolute Gasteiger partial charge is 0.403 e. The molecule has 2 aliphatic rings. The van der Waals surface area contributed by atoms with Crippen LogP contribution in [0.4, 0.5) is 0 Å². The molecular weight excluding hydrogens is 630 g/mol. The van der Waals surface area contributed by atoms with Gasteiger partial charge in [-0.2, -0.15) is 0 Å². The van der Waals surface area contributed by atoms with Crippen LogP contribution in [0.15, 0.2) is 66.5 Å². The van der Waals surface area contributed by atoms with Crippen LogP contribution in [0.25, 0.3) is 43.9 Å². The molecule has 0 saturated carbocycles. The number of aromatic hydroxyl groups is 1. The summed E-state index contributed by atoms with van der Waals surface area (Å²) in [6.07, 6.45) is 1.18. The quantitative estimate of drug-likeness (QED) is 0.109. The normalized spacial score (nSPS) is 12.5. The first-order valence-corrected chi connectivity index (χ1v) is 16.1. The number of ether oxygens (including phenoxy) is 1. The van der Waals surface area contributed by atoms with Crippen LogP contribution in [0.3, 0.4) is 0 Å². The molecule has 0 atom stereocenters. The Bertz CT molecular complexity index is 2320. The molecule has 6 rings (SSSR count). The van der Waals surface area contributed by atoms with Crippen LogP contribution in [0.5, 0.6) is 11.8 Å². The molecule has 14 heteroatoms. The predicted molar refractivity (Wildman–Crippen MR) is 185 cm³/mol. The molecule has 0 amide bonds. The van der Waals surface area contributed by atoms with Gasteiger partial charge in [0.05, 0.1) is 28.0 Å². The average molecular weight is 670 g/mol. The largest absolute Gasteiger partial charge is 0.494 e. The lowest BCUT2D eigenvalue weighted by Crippen LogP contribution is -2.37. The van der Waals surface area contributed by atoms with Crippen molar-refractivity contribution in [3.63, 3.8) is 0 Å². The minimum absolute atomic E-state index is 0.0133. The van der Waals surface area contributed by atoms with Crippen LogP contribution >= 0.6 is 0 Å². The summed E-state index contributed by atoms with van der Waals surface area (Å²) in [7, 11) is 7.69. The van der Waals surface area contributed by atoms with Gasteiger partial charge in [0.2, 0.25) is 5.88 Å². The third-order valence-corrected chi connectivity index (χ3v) is 8.66. The Morgan fingerprint density at radius 1 is 0.898 bits per heavy atom. The van der Waals surface area contributed by atoms with Gasteiger partial charge in [-0.15, -0.1) is 0 Å². The van der Waals surface area contributed by atoms with Crippen LogP contribution in [0.1, 0.15) is 18.4 Å². The molecule has 0 saturated heterocycles. The molecule has 14 nitrogen and oxygen atoms in total. The van der Waals surface area contributed by atoms with Gasteiger partial charge < -0.3 is 24.9 Å². The molecule has 2 aromatic carbocycles. The number of benzene rings is 3. The van der Waals surface area contributed by atoms with E-state index in [1.54, 1.807) is 30.3 Å². The molecular formula is C35H39N7O7. The Labute approximate surface area is 280 Å². The van der Waals surface area contributed by atoms with E-state index in [1.165, 1.54) is 9.13 Å². The lowest BCUT2D eigenvalue weighted by molar-refractivity contribution is -0.793. The second-order valence-corrected chi connectivity index (χ2v) is 12.8. The van der Waals surface area contributed by atoms with Gasteiger partial charge in [0.25, 0.3) is 22.4 Å².